The van der Waals surface area contributed by atoms with Gasteiger partial charge in [-0.1, -0.05) is 19.4 Å². The first-order chi connectivity index (χ1) is 15.4. The van der Waals surface area contributed by atoms with Gasteiger partial charge in [0.05, 0.1) is 0 Å². The van der Waals surface area contributed by atoms with Crippen LogP contribution in [0.2, 0.25) is 0 Å². The molecule has 0 saturated heterocycles. The van der Waals surface area contributed by atoms with Crippen LogP contribution in [-0.2, 0) is 23.9 Å². The van der Waals surface area contributed by atoms with E-state index in [0.29, 0.717) is 25.2 Å². The number of ketones is 2. The molecule has 3 fully saturated rings. The normalized spacial score (nSPS) is 41.9. The highest BCUT2D eigenvalue weighted by Crippen LogP contribution is 2.70. The molecule has 182 valence electrons. The third kappa shape index (κ3) is 4.08. The lowest BCUT2D eigenvalue weighted by Crippen LogP contribution is -2.59. The quantitative estimate of drug-likeness (QED) is 0.435. The number of hydrogen-bond acceptors (Lipinski definition) is 6. The van der Waals surface area contributed by atoms with E-state index in [1.165, 1.54) is 6.92 Å². The van der Waals surface area contributed by atoms with Crippen LogP contribution >= 0.6 is 12.6 Å². The van der Waals surface area contributed by atoms with Crippen molar-refractivity contribution < 1.29 is 29.0 Å². The smallest absolute Gasteiger partial charge is 0.303 e. The van der Waals surface area contributed by atoms with Crippen LogP contribution in [0, 0.1) is 34.5 Å². The number of Topliss-reactive ketones (excluding diaryl/α,β-unsaturated/α-hetero) is 1. The predicted octanol–water partition coefficient (Wildman–Crippen LogP) is 4.41. The molecule has 0 aliphatic heterocycles. The van der Waals surface area contributed by atoms with Crippen molar-refractivity contribution in [2.24, 2.45) is 34.5 Å². The van der Waals surface area contributed by atoms with Crippen molar-refractivity contribution in [2.45, 2.75) is 83.3 Å². The van der Waals surface area contributed by atoms with E-state index in [1.807, 2.05) is 6.08 Å². The average Bonchev–Trinajstić information content (AvgIpc) is 3.09. The highest BCUT2D eigenvalue weighted by atomic mass is 32.1. The molecule has 0 heterocycles. The van der Waals surface area contributed by atoms with Crippen LogP contribution in [0.5, 0.6) is 0 Å². The molecule has 4 aliphatic carbocycles. The maximum Gasteiger partial charge on any atom is 0.303 e. The third-order valence-corrected chi connectivity index (χ3v) is 10.4. The summed E-state index contributed by atoms with van der Waals surface area (Å²) in [6, 6.07) is 0. The number of thiol groups is 1. The zero-order chi connectivity index (χ0) is 24.2. The molecule has 0 radical (unpaired) electrons. The van der Waals surface area contributed by atoms with Gasteiger partial charge in [-0.05, 0) is 79.6 Å². The molecule has 7 heteroatoms. The Morgan fingerprint density at radius 1 is 1.15 bits per heavy atom. The highest BCUT2D eigenvalue weighted by molar-refractivity contribution is 7.81. The van der Waals surface area contributed by atoms with Gasteiger partial charge in [-0.15, -0.1) is 0 Å². The van der Waals surface area contributed by atoms with E-state index in [0.717, 1.165) is 37.7 Å². The second-order valence-corrected chi connectivity index (χ2v) is 12.3. The number of carboxylic acid groups (broad SMARTS) is 1. The maximum atomic E-state index is 13.1. The summed E-state index contributed by atoms with van der Waals surface area (Å²) in [5.74, 6) is -0.523. The van der Waals surface area contributed by atoms with Crippen molar-refractivity contribution in [1.82, 2.24) is 0 Å². The van der Waals surface area contributed by atoms with E-state index in [1.54, 1.807) is 0 Å². The van der Waals surface area contributed by atoms with E-state index in [4.69, 9.17) is 17.4 Å². The van der Waals surface area contributed by atoms with Gasteiger partial charge in [-0.3, -0.25) is 19.2 Å². The first-order valence-electron chi connectivity index (χ1n) is 12.2. The molecule has 0 spiro atoms. The van der Waals surface area contributed by atoms with E-state index >= 15 is 0 Å². The number of aliphatic carboxylic acids is 1. The second-order valence-electron chi connectivity index (χ2n) is 11.4. The Morgan fingerprint density at radius 2 is 1.88 bits per heavy atom. The van der Waals surface area contributed by atoms with Gasteiger partial charge in [0.25, 0.3) is 0 Å². The number of carbonyl (C=O) groups is 4. The number of ether oxygens (including phenoxy) is 1. The Bertz CT molecular complexity index is 910. The predicted molar refractivity (Wildman–Crippen MR) is 126 cm³/mol. The van der Waals surface area contributed by atoms with Gasteiger partial charge in [-0.25, -0.2) is 0 Å². The lowest BCUT2D eigenvalue weighted by Gasteiger charge is -2.63. The van der Waals surface area contributed by atoms with Crippen LogP contribution < -0.4 is 0 Å². The number of esters is 1. The average molecular weight is 477 g/mol. The van der Waals surface area contributed by atoms with Gasteiger partial charge in [0, 0.05) is 30.4 Å². The summed E-state index contributed by atoms with van der Waals surface area (Å²) in [7, 11) is 0. The molecule has 0 aromatic rings. The molecule has 3 saturated carbocycles. The highest BCUT2D eigenvalue weighted by Gasteiger charge is 2.65. The van der Waals surface area contributed by atoms with Crippen molar-refractivity contribution in [3.63, 3.8) is 0 Å². The molecule has 0 amide bonds. The number of rotatable bonds is 6. The van der Waals surface area contributed by atoms with Gasteiger partial charge in [0.15, 0.2) is 11.6 Å². The molecule has 1 N–H and O–H groups in total. The summed E-state index contributed by atoms with van der Waals surface area (Å²) in [6.07, 6.45) is 7.86. The number of carbonyl (C=O) groups excluding carboxylic acids is 3. The molecule has 7 atom stereocenters. The van der Waals surface area contributed by atoms with Gasteiger partial charge in [-0.2, -0.15) is 12.6 Å². The lowest BCUT2D eigenvalue weighted by molar-refractivity contribution is -0.149. The minimum Gasteiger partial charge on any atom is -0.481 e. The van der Waals surface area contributed by atoms with Crippen LogP contribution in [0.1, 0.15) is 78.6 Å². The van der Waals surface area contributed by atoms with E-state index < -0.39 is 16.7 Å². The van der Waals surface area contributed by atoms with Crippen molar-refractivity contribution in [3.05, 3.63) is 11.6 Å². The van der Waals surface area contributed by atoms with Crippen LogP contribution in [0.25, 0.3) is 0 Å². The molecule has 4 aliphatic rings. The molecular formula is C26H36O6S. The minimum absolute atomic E-state index is 0.00480. The molecule has 6 nitrogen and oxygen atoms in total. The number of allylic oxidation sites excluding steroid dienone is 1. The summed E-state index contributed by atoms with van der Waals surface area (Å²) in [4.78, 5) is 48.1. The van der Waals surface area contributed by atoms with E-state index in [2.05, 4.69) is 13.8 Å². The van der Waals surface area contributed by atoms with E-state index in [9.17, 15) is 24.3 Å². The fourth-order valence-electron chi connectivity index (χ4n) is 8.08. The Balaban J connectivity index is 1.70. The summed E-state index contributed by atoms with van der Waals surface area (Å²) in [5.41, 5.74) is 0.858. The number of hydrogen-bond donors (Lipinski definition) is 2. The zero-order valence-corrected chi connectivity index (χ0v) is 20.8. The topological polar surface area (TPSA) is 97.7 Å². The summed E-state index contributed by atoms with van der Waals surface area (Å²) in [5, 5.41) is 9.45. The monoisotopic (exact) mass is 476 g/mol. The van der Waals surface area contributed by atoms with Gasteiger partial charge >= 0.3 is 11.9 Å². The van der Waals surface area contributed by atoms with Gasteiger partial charge in [0.2, 0.25) is 0 Å². The van der Waals surface area contributed by atoms with Crippen LogP contribution in [0.4, 0.5) is 0 Å². The number of carboxylic acids is 1. The minimum atomic E-state index is -0.832. The summed E-state index contributed by atoms with van der Waals surface area (Å²) >= 11 is 5.23. The standard InChI is InChI=1S/C26H36O6S/c1-15(27)32-14-21(29)18-4-5-19-23-20(7-10-25(18,19)3)24(2)9-6-17(28)12-16(24)13-26(23,33)11-8-22(30)31/h12,18-20,23,33H,4-11,13-14H2,1-3H3,(H,30,31)/t18-,19+,20+,23+,24+,25-,26?/m1/s1. The molecule has 4 rings (SSSR count). The number of fused-ring (bicyclic) bond motifs is 5. The first-order valence-corrected chi connectivity index (χ1v) is 12.7. The lowest BCUT2D eigenvalue weighted by atomic mass is 9.43. The Kier molecular flexibility index (Phi) is 6.34. The SMILES string of the molecule is CC(=O)OCC(=O)[C@H]1CC[C@H]2[C@H]3[C@H](CC[C@]12C)[C@@]1(C)CCC(=O)C=C1CC3(S)CCC(=O)O. The third-order valence-electron chi connectivity index (χ3n) is 9.74. The van der Waals surface area contributed by atoms with Crippen molar-refractivity contribution >= 4 is 36.1 Å². The Hall–Kier alpha value is -1.63. The molecule has 33 heavy (non-hydrogen) atoms. The molecule has 0 aromatic carbocycles. The van der Waals surface area contributed by atoms with Crippen molar-refractivity contribution in [1.29, 1.82) is 0 Å². The van der Waals surface area contributed by atoms with Crippen LogP contribution in [0.15, 0.2) is 11.6 Å². The van der Waals surface area contributed by atoms with Crippen molar-refractivity contribution in [3.8, 4) is 0 Å². The van der Waals surface area contributed by atoms with Gasteiger partial charge in [0.1, 0.15) is 6.61 Å². The van der Waals surface area contributed by atoms with Crippen molar-refractivity contribution in [2.75, 3.05) is 6.61 Å². The fraction of sp³-hybridized carbons (Fsp3) is 0.769. The Labute approximate surface area is 201 Å². The maximum absolute atomic E-state index is 13.1. The van der Waals surface area contributed by atoms with Crippen LogP contribution in [0.3, 0.4) is 0 Å². The van der Waals surface area contributed by atoms with Gasteiger partial charge < -0.3 is 9.84 Å². The molecular weight excluding hydrogens is 440 g/mol. The second kappa shape index (κ2) is 8.54. The van der Waals surface area contributed by atoms with E-state index in [-0.39, 0.29) is 53.2 Å². The summed E-state index contributed by atoms with van der Waals surface area (Å²) < 4.78 is 4.52. The fourth-order valence-corrected chi connectivity index (χ4v) is 8.73. The Morgan fingerprint density at radius 3 is 2.55 bits per heavy atom. The largest absolute Gasteiger partial charge is 0.481 e. The molecule has 0 aromatic heterocycles. The van der Waals surface area contributed by atoms with Crippen LogP contribution in [-0.4, -0.2) is 40.0 Å². The molecule has 1 unspecified atom stereocenters. The zero-order valence-electron chi connectivity index (χ0n) is 19.9. The first kappa shape index (κ1) is 24.5. The summed E-state index contributed by atoms with van der Waals surface area (Å²) in [6.45, 7) is 5.64. The molecule has 0 bridgehead atoms.